The van der Waals surface area contributed by atoms with Crippen LogP contribution in [-0.4, -0.2) is 40.3 Å². The maximum atomic E-state index is 10.5. The number of hydrogen-bond acceptors (Lipinski definition) is 5. The smallest absolute Gasteiger partial charge is 0.269 e. The van der Waals surface area contributed by atoms with Gasteiger partial charge in [0.1, 0.15) is 0 Å². The van der Waals surface area contributed by atoms with Crippen LogP contribution in [-0.2, 0) is 6.54 Å². The largest absolute Gasteiger partial charge is 0.296 e. The van der Waals surface area contributed by atoms with Crippen molar-refractivity contribution in [2.45, 2.75) is 6.54 Å². The quantitative estimate of drug-likeness (QED) is 0.504. The third-order valence-corrected chi connectivity index (χ3v) is 3.30. The maximum Gasteiger partial charge on any atom is 0.269 e. The van der Waals surface area contributed by atoms with Crippen LogP contribution in [0, 0.1) is 10.1 Å². The van der Waals surface area contributed by atoms with Crippen LogP contribution in [0.25, 0.3) is 0 Å². The molecular weight excluding hydrogens is 238 g/mol. The second kappa shape index (κ2) is 5.48. The Morgan fingerprint density at radius 3 is 2.29 bits per heavy atom. The Hall–Kier alpha value is -1.11. The van der Waals surface area contributed by atoms with E-state index in [0.717, 1.165) is 38.3 Å². The fraction of sp³-hybridized carbons (Fsp3) is 0.455. The fourth-order valence-corrected chi connectivity index (χ4v) is 2.06. The van der Waals surface area contributed by atoms with E-state index >= 15 is 0 Å². The molecule has 1 aliphatic rings. The van der Waals surface area contributed by atoms with Gasteiger partial charge < -0.3 is 0 Å². The number of nitro groups is 1. The monoisotopic (exact) mass is 253 g/mol. The van der Waals surface area contributed by atoms with Crippen molar-refractivity contribution in [2.24, 2.45) is 0 Å². The number of benzene rings is 1. The summed E-state index contributed by atoms with van der Waals surface area (Å²) in [7, 11) is 0. The molecule has 2 rings (SSSR count). The van der Waals surface area contributed by atoms with Crippen molar-refractivity contribution >= 4 is 18.5 Å². The molecule has 0 spiro atoms. The summed E-state index contributed by atoms with van der Waals surface area (Å²) in [5.74, 6) is 0. The van der Waals surface area contributed by atoms with E-state index in [9.17, 15) is 10.1 Å². The van der Waals surface area contributed by atoms with Crippen molar-refractivity contribution in [3.63, 3.8) is 0 Å². The lowest BCUT2D eigenvalue weighted by Gasteiger charge is -2.31. The molecule has 92 valence electrons. The molecule has 0 radical (unpaired) electrons. The normalized spacial score (nSPS) is 18.2. The van der Waals surface area contributed by atoms with E-state index in [2.05, 4.69) is 17.7 Å². The summed E-state index contributed by atoms with van der Waals surface area (Å²) in [5.41, 5.74) is 1.26. The summed E-state index contributed by atoms with van der Waals surface area (Å²) in [4.78, 5) is 12.5. The zero-order chi connectivity index (χ0) is 12.3. The van der Waals surface area contributed by atoms with Gasteiger partial charge in [-0.1, -0.05) is 24.9 Å². The van der Waals surface area contributed by atoms with E-state index < -0.39 is 0 Å². The molecule has 17 heavy (non-hydrogen) atoms. The van der Waals surface area contributed by atoms with E-state index in [4.69, 9.17) is 0 Å². The predicted octanol–water partition coefficient (Wildman–Crippen LogP) is 1.56. The third-order valence-electron chi connectivity index (χ3n) is 2.90. The van der Waals surface area contributed by atoms with Crippen molar-refractivity contribution < 1.29 is 4.92 Å². The Kier molecular flexibility index (Phi) is 3.98. The first kappa shape index (κ1) is 12.3. The molecule has 6 heteroatoms. The van der Waals surface area contributed by atoms with E-state index in [1.54, 1.807) is 12.1 Å². The average molecular weight is 253 g/mol. The van der Waals surface area contributed by atoms with Gasteiger partial charge in [0, 0.05) is 44.9 Å². The standard InChI is InChI=1S/C11H15N3O2S/c15-14(16)11-3-1-10(2-4-11)9-12-5-7-13(17)8-6-12/h1-4,17H,5-9H2. The SMILES string of the molecule is O=[N+]([O-])c1ccc(CN2CCN(S)CC2)cc1. The zero-order valence-electron chi connectivity index (χ0n) is 9.45. The molecule has 0 amide bonds. The molecule has 1 fully saturated rings. The minimum atomic E-state index is -0.372. The summed E-state index contributed by atoms with van der Waals surface area (Å²) in [5, 5.41) is 10.5. The van der Waals surface area contributed by atoms with E-state index in [0.29, 0.717) is 0 Å². The Morgan fingerprint density at radius 1 is 1.18 bits per heavy atom. The van der Waals surface area contributed by atoms with Gasteiger partial charge in [0.25, 0.3) is 5.69 Å². The highest BCUT2D eigenvalue weighted by Gasteiger charge is 2.14. The number of piperazine rings is 1. The van der Waals surface area contributed by atoms with Crippen LogP contribution in [0.1, 0.15) is 5.56 Å². The van der Waals surface area contributed by atoms with E-state index in [1.807, 2.05) is 16.4 Å². The van der Waals surface area contributed by atoms with Crippen LogP contribution < -0.4 is 0 Å². The maximum absolute atomic E-state index is 10.5. The van der Waals surface area contributed by atoms with Crippen molar-refractivity contribution in [2.75, 3.05) is 26.2 Å². The van der Waals surface area contributed by atoms with Crippen LogP contribution in [0.15, 0.2) is 24.3 Å². The molecule has 0 N–H and O–H groups in total. The molecule has 1 saturated heterocycles. The number of non-ortho nitro benzene ring substituents is 1. The van der Waals surface area contributed by atoms with Gasteiger partial charge in [0.05, 0.1) is 4.92 Å². The third kappa shape index (κ3) is 3.42. The molecule has 0 atom stereocenters. The van der Waals surface area contributed by atoms with Gasteiger partial charge in [0.2, 0.25) is 0 Å². The van der Waals surface area contributed by atoms with Crippen LogP contribution in [0.2, 0.25) is 0 Å². The van der Waals surface area contributed by atoms with Crippen molar-refractivity contribution in [3.05, 3.63) is 39.9 Å². The molecule has 0 saturated carbocycles. The summed E-state index contributed by atoms with van der Waals surface area (Å²) in [6.45, 7) is 4.73. The fourth-order valence-electron chi connectivity index (χ4n) is 1.88. The Labute approximate surface area is 106 Å². The molecular formula is C11H15N3O2S. The molecule has 0 bridgehead atoms. The summed E-state index contributed by atoms with van der Waals surface area (Å²) < 4.78 is 2.01. The van der Waals surface area contributed by atoms with Crippen LogP contribution in [0.4, 0.5) is 5.69 Å². The zero-order valence-corrected chi connectivity index (χ0v) is 10.3. The van der Waals surface area contributed by atoms with Gasteiger partial charge >= 0.3 is 0 Å². The lowest BCUT2D eigenvalue weighted by Crippen LogP contribution is -2.41. The van der Waals surface area contributed by atoms with Crippen LogP contribution in [0.3, 0.4) is 0 Å². The lowest BCUT2D eigenvalue weighted by atomic mass is 10.2. The molecule has 1 aromatic carbocycles. The van der Waals surface area contributed by atoms with Gasteiger partial charge in [-0.3, -0.25) is 19.3 Å². The molecule has 5 nitrogen and oxygen atoms in total. The summed E-state index contributed by atoms with van der Waals surface area (Å²) in [6, 6.07) is 6.77. The first-order valence-corrected chi connectivity index (χ1v) is 5.94. The van der Waals surface area contributed by atoms with Crippen molar-refractivity contribution in [1.29, 1.82) is 0 Å². The van der Waals surface area contributed by atoms with E-state index in [-0.39, 0.29) is 10.6 Å². The number of nitrogens with zero attached hydrogens (tertiary/aromatic N) is 3. The van der Waals surface area contributed by atoms with Gasteiger partial charge in [-0.15, -0.1) is 0 Å². The van der Waals surface area contributed by atoms with Crippen LogP contribution >= 0.6 is 12.8 Å². The highest BCUT2D eigenvalue weighted by atomic mass is 32.1. The van der Waals surface area contributed by atoms with Gasteiger partial charge in [-0.2, -0.15) is 0 Å². The molecule has 0 unspecified atom stereocenters. The number of rotatable bonds is 3. The molecule has 1 heterocycles. The predicted molar refractivity (Wildman–Crippen MR) is 68.9 cm³/mol. The number of thiol groups is 1. The molecule has 1 aromatic rings. The average Bonchev–Trinajstić information content (AvgIpc) is 2.33. The topological polar surface area (TPSA) is 49.6 Å². The first-order chi connectivity index (χ1) is 8.15. The second-order valence-electron chi connectivity index (χ2n) is 4.15. The summed E-state index contributed by atoms with van der Waals surface area (Å²) >= 11 is 4.30. The molecule has 1 aliphatic heterocycles. The van der Waals surface area contributed by atoms with Crippen molar-refractivity contribution in [3.8, 4) is 0 Å². The number of hydrogen-bond donors (Lipinski definition) is 1. The highest BCUT2D eigenvalue weighted by molar-refractivity contribution is 7.77. The minimum Gasteiger partial charge on any atom is -0.296 e. The Bertz CT molecular complexity index is 388. The van der Waals surface area contributed by atoms with Crippen LogP contribution in [0.5, 0.6) is 0 Å². The Balaban J connectivity index is 1.92. The van der Waals surface area contributed by atoms with Crippen molar-refractivity contribution in [1.82, 2.24) is 9.21 Å². The lowest BCUT2D eigenvalue weighted by molar-refractivity contribution is -0.384. The second-order valence-corrected chi connectivity index (χ2v) is 4.72. The minimum absolute atomic E-state index is 0.147. The van der Waals surface area contributed by atoms with Gasteiger partial charge in [-0.25, -0.2) is 0 Å². The van der Waals surface area contributed by atoms with E-state index in [1.165, 1.54) is 0 Å². The number of nitro benzene ring substituents is 1. The first-order valence-electron chi connectivity index (χ1n) is 5.54. The van der Waals surface area contributed by atoms with Gasteiger partial charge in [0.15, 0.2) is 0 Å². The summed E-state index contributed by atoms with van der Waals surface area (Å²) in [6.07, 6.45) is 0. The highest BCUT2D eigenvalue weighted by Crippen LogP contribution is 2.14. The van der Waals surface area contributed by atoms with Gasteiger partial charge in [-0.05, 0) is 5.56 Å². The molecule has 0 aromatic heterocycles. The Morgan fingerprint density at radius 2 is 1.76 bits per heavy atom. The molecule has 0 aliphatic carbocycles.